The Kier molecular flexibility index (Phi) is 5.32. The van der Waals surface area contributed by atoms with Crippen LogP contribution >= 0.6 is 0 Å². The number of fused-ring (bicyclic) bond motifs is 1. The molecule has 5 rings (SSSR count). The van der Waals surface area contributed by atoms with Crippen LogP contribution in [0.2, 0.25) is 0 Å². The Labute approximate surface area is 182 Å². The Morgan fingerprint density at radius 2 is 2.03 bits per heavy atom. The number of benzene rings is 1. The Hall–Kier alpha value is -4.08. The Bertz CT molecular complexity index is 1240. The lowest BCUT2D eigenvalue weighted by molar-refractivity contribution is -0.116. The second-order valence-corrected chi connectivity index (χ2v) is 7.35. The van der Waals surface area contributed by atoms with Gasteiger partial charge < -0.3 is 10.1 Å². The lowest BCUT2D eigenvalue weighted by Gasteiger charge is -2.16. The SMILES string of the molecule is O=C(CCn1ccnn1)Nc1cc(-c2c(-c3ccc(F)cc3)nn3c2OCCC3)ccn1. The van der Waals surface area contributed by atoms with Crippen molar-refractivity contribution in [3.05, 3.63) is 60.8 Å². The first-order chi connectivity index (χ1) is 15.7. The summed E-state index contributed by atoms with van der Waals surface area (Å²) in [6.07, 6.45) is 6.00. The van der Waals surface area contributed by atoms with Gasteiger partial charge in [0.15, 0.2) is 0 Å². The normalized spacial score (nSPS) is 12.8. The van der Waals surface area contributed by atoms with Gasteiger partial charge in [-0.2, -0.15) is 5.10 Å². The second kappa shape index (κ2) is 8.58. The van der Waals surface area contributed by atoms with Crippen molar-refractivity contribution < 1.29 is 13.9 Å². The molecule has 1 aliphatic heterocycles. The molecule has 0 radical (unpaired) electrons. The number of hydrogen-bond acceptors (Lipinski definition) is 6. The summed E-state index contributed by atoms with van der Waals surface area (Å²) < 4.78 is 22.8. The van der Waals surface area contributed by atoms with Crippen molar-refractivity contribution >= 4 is 11.7 Å². The Morgan fingerprint density at radius 1 is 1.16 bits per heavy atom. The van der Waals surface area contributed by atoms with Crippen molar-refractivity contribution in [1.82, 2.24) is 29.8 Å². The van der Waals surface area contributed by atoms with E-state index in [1.807, 2.05) is 10.7 Å². The molecule has 0 saturated heterocycles. The molecule has 1 N–H and O–H groups in total. The number of ether oxygens (including phenoxy) is 1. The number of amides is 1. The van der Waals surface area contributed by atoms with E-state index in [-0.39, 0.29) is 18.1 Å². The van der Waals surface area contributed by atoms with Crippen LogP contribution in [-0.2, 0) is 17.9 Å². The number of anilines is 1. The third-order valence-electron chi connectivity index (χ3n) is 5.13. The number of carbonyl (C=O) groups is 1. The highest BCUT2D eigenvalue weighted by Gasteiger charge is 2.24. The van der Waals surface area contributed by atoms with Gasteiger partial charge in [-0.25, -0.2) is 14.1 Å². The first kappa shape index (κ1) is 19.9. The van der Waals surface area contributed by atoms with Crippen LogP contribution in [-0.4, -0.2) is 42.3 Å². The van der Waals surface area contributed by atoms with Gasteiger partial charge in [0.2, 0.25) is 11.8 Å². The molecule has 162 valence electrons. The summed E-state index contributed by atoms with van der Waals surface area (Å²) in [6.45, 7) is 1.75. The molecule has 0 aliphatic carbocycles. The first-order valence-electron chi connectivity index (χ1n) is 10.3. The number of halogens is 1. The van der Waals surface area contributed by atoms with E-state index in [0.29, 0.717) is 30.5 Å². The number of nitrogens with zero attached hydrogens (tertiary/aromatic N) is 6. The third-order valence-corrected chi connectivity index (χ3v) is 5.13. The largest absolute Gasteiger partial charge is 0.477 e. The van der Waals surface area contributed by atoms with Crippen LogP contribution in [0.5, 0.6) is 5.88 Å². The van der Waals surface area contributed by atoms with Gasteiger partial charge >= 0.3 is 0 Å². The van der Waals surface area contributed by atoms with Crippen molar-refractivity contribution in [3.8, 4) is 28.3 Å². The van der Waals surface area contributed by atoms with Gasteiger partial charge in [0, 0.05) is 37.3 Å². The van der Waals surface area contributed by atoms with E-state index in [0.717, 1.165) is 29.7 Å². The van der Waals surface area contributed by atoms with Crippen molar-refractivity contribution in [2.45, 2.75) is 25.9 Å². The summed E-state index contributed by atoms with van der Waals surface area (Å²) in [6, 6.07) is 9.84. The maximum Gasteiger partial charge on any atom is 0.227 e. The summed E-state index contributed by atoms with van der Waals surface area (Å²) in [5.41, 5.74) is 3.06. The van der Waals surface area contributed by atoms with Crippen molar-refractivity contribution in [2.75, 3.05) is 11.9 Å². The average molecular weight is 433 g/mol. The van der Waals surface area contributed by atoms with E-state index >= 15 is 0 Å². The molecule has 1 aliphatic rings. The van der Waals surface area contributed by atoms with E-state index < -0.39 is 0 Å². The molecule has 3 aromatic heterocycles. The molecular formula is C22H20FN7O2. The predicted octanol–water partition coefficient (Wildman–Crippen LogP) is 3.15. The summed E-state index contributed by atoms with van der Waals surface area (Å²) in [5.74, 6) is 0.588. The van der Waals surface area contributed by atoms with Crippen LogP contribution in [0, 0.1) is 5.82 Å². The van der Waals surface area contributed by atoms with E-state index in [9.17, 15) is 9.18 Å². The van der Waals surface area contributed by atoms with Crippen LogP contribution in [0.1, 0.15) is 12.8 Å². The topological polar surface area (TPSA) is 99.8 Å². The number of aryl methyl sites for hydroxylation is 2. The number of pyridine rings is 1. The highest BCUT2D eigenvalue weighted by molar-refractivity contribution is 5.91. The molecule has 1 aromatic carbocycles. The van der Waals surface area contributed by atoms with E-state index in [1.54, 1.807) is 41.5 Å². The zero-order chi connectivity index (χ0) is 21.9. The van der Waals surface area contributed by atoms with Gasteiger partial charge in [-0.3, -0.25) is 9.48 Å². The number of nitrogens with one attached hydrogen (secondary N) is 1. The molecule has 0 fully saturated rings. The van der Waals surface area contributed by atoms with Crippen LogP contribution in [0.4, 0.5) is 10.2 Å². The predicted molar refractivity (Wildman–Crippen MR) is 114 cm³/mol. The summed E-state index contributed by atoms with van der Waals surface area (Å²) in [5, 5.41) is 15.1. The summed E-state index contributed by atoms with van der Waals surface area (Å²) >= 11 is 0. The monoisotopic (exact) mass is 433 g/mol. The molecule has 4 aromatic rings. The molecule has 0 unspecified atom stereocenters. The Morgan fingerprint density at radius 3 is 2.84 bits per heavy atom. The highest BCUT2D eigenvalue weighted by Crippen LogP contribution is 2.41. The molecular weight excluding hydrogens is 413 g/mol. The van der Waals surface area contributed by atoms with Crippen LogP contribution in [0.3, 0.4) is 0 Å². The molecule has 32 heavy (non-hydrogen) atoms. The van der Waals surface area contributed by atoms with Crippen LogP contribution < -0.4 is 10.1 Å². The molecule has 9 nitrogen and oxygen atoms in total. The molecule has 0 saturated carbocycles. The molecule has 1 amide bonds. The van der Waals surface area contributed by atoms with Gasteiger partial charge in [0.25, 0.3) is 0 Å². The van der Waals surface area contributed by atoms with Crippen molar-refractivity contribution in [1.29, 1.82) is 0 Å². The zero-order valence-corrected chi connectivity index (χ0v) is 17.1. The minimum Gasteiger partial charge on any atom is -0.477 e. The van der Waals surface area contributed by atoms with Gasteiger partial charge in [-0.05, 0) is 42.0 Å². The number of aromatic nitrogens is 6. The third kappa shape index (κ3) is 4.07. The van der Waals surface area contributed by atoms with Crippen molar-refractivity contribution in [2.24, 2.45) is 0 Å². The minimum atomic E-state index is -0.310. The fourth-order valence-corrected chi connectivity index (χ4v) is 3.63. The maximum atomic E-state index is 13.5. The second-order valence-electron chi connectivity index (χ2n) is 7.35. The van der Waals surface area contributed by atoms with E-state index in [4.69, 9.17) is 9.84 Å². The number of carbonyl (C=O) groups excluding carboxylic acids is 1. The fraction of sp³-hybridized carbons (Fsp3) is 0.227. The lowest BCUT2D eigenvalue weighted by Crippen LogP contribution is -2.16. The molecule has 0 bridgehead atoms. The van der Waals surface area contributed by atoms with E-state index in [1.165, 1.54) is 12.1 Å². The number of hydrogen-bond donors (Lipinski definition) is 1. The van der Waals surface area contributed by atoms with Crippen molar-refractivity contribution in [3.63, 3.8) is 0 Å². The fourth-order valence-electron chi connectivity index (χ4n) is 3.63. The van der Waals surface area contributed by atoms with Gasteiger partial charge in [0.1, 0.15) is 17.3 Å². The maximum absolute atomic E-state index is 13.5. The van der Waals surface area contributed by atoms with Gasteiger partial charge in [-0.1, -0.05) is 5.21 Å². The molecule has 0 atom stereocenters. The summed E-state index contributed by atoms with van der Waals surface area (Å²) in [7, 11) is 0. The lowest BCUT2D eigenvalue weighted by atomic mass is 10.0. The average Bonchev–Trinajstić information content (AvgIpc) is 3.46. The zero-order valence-electron chi connectivity index (χ0n) is 17.1. The van der Waals surface area contributed by atoms with Crippen LogP contribution in [0.15, 0.2) is 55.0 Å². The molecule has 10 heteroatoms. The standard InChI is InChI=1S/C22H20FN7O2/c23-17-4-2-15(3-5-17)21-20(22-30(27-21)10-1-13-32-22)16-6-8-24-18(14-16)26-19(31)7-11-29-12-9-25-28-29/h2-6,8-9,12,14H,1,7,10-11,13H2,(H,24,26,31). The first-order valence-corrected chi connectivity index (χ1v) is 10.3. The van der Waals surface area contributed by atoms with E-state index in [2.05, 4.69) is 20.6 Å². The minimum absolute atomic E-state index is 0.183. The quantitative estimate of drug-likeness (QED) is 0.501. The number of rotatable bonds is 6. The summed E-state index contributed by atoms with van der Waals surface area (Å²) in [4.78, 5) is 16.6. The van der Waals surface area contributed by atoms with Gasteiger partial charge in [0.05, 0.1) is 24.9 Å². The molecule has 4 heterocycles. The highest BCUT2D eigenvalue weighted by atomic mass is 19.1. The Balaban J connectivity index is 1.45. The van der Waals surface area contributed by atoms with Gasteiger partial charge in [-0.15, -0.1) is 5.10 Å². The smallest absolute Gasteiger partial charge is 0.227 e. The van der Waals surface area contributed by atoms with Crippen LogP contribution in [0.25, 0.3) is 22.4 Å². The molecule has 0 spiro atoms.